The molecule has 6 nitrogen and oxygen atoms in total. The SMILES string of the molecule is O=C(Nc1cccc(C(=O)O)c1)Nc1nc(C2CC2)cs1. The van der Waals surface area contributed by atoms with Gasteiger partial charge in [-0.25, -0.2) is 14.6 Å². The molecule has 1 aromatic heterocycles. The number of nitrogens with one attached hydrogen (secondary N) is 2. The van der Waals surface area contributed by atoms with E-state index in [1.807, 2.05) is 5.38 Å². The minimum Gasteiger partial charge on any atom is -0.478 e. The second kappa shape index (κ2) is 5.53. The van der Waals surface area contributed by atoms with Gasteiger partial charge in [0.15, 0.2) is 5.13 Å². The van der Waals surface area contributed by atoms with Gasteiger partial charge in [0.1, 0.15) is 0 Å². The van der Waals surface area contributed by atoms with Gasteiger partial charge < -0.3 is 10.4 Å². The van der Waals surface area contributed by atoms with Gasteiger partial charge >= 0.3 is 12.0 Å². The Morgan fingerprint density at radius 3 is 2.81 bits per heavy atom. The van der Waals surface area contributed by atoms with Crippen molar-refractivity contribution >= 4 is 34.2 Å². The predicted molar refractivity (Wildman–Crippen MR) is 80.1 cm³/mol. The number of carbonyl (C=O) groups excluding carboxylic acids is 1. The molecule has 1 heterocycles. The Bertz CT molecular complexity index is 694. The van der Waals surface area contributed by atoms with E-state index in [1.165, 1.54) is 23.5 Å². The van der Waals surface area contributed by atoms with E-state index in [-0.39, 0.29) is 5.56 Å². The van der Waals surface area contributed by atoms with E-state index in [0.29, 0.717) is 16.7 Å². The molecule has 0 radical (unpaired) electrons. The van der Waals surface area contributed by atoms with Gasteiger partial charge in [0.2, 0.25) is 0 Å². The van der Waals surface area contributed by atoms with Gasteiger partial charge in [-0.2, -0.15) is 0 Å². The lowest BCUT2D eigenvalue weighted by Crippen LogP contribution is -2.19. The van der Waals surface area contributed by atoms with E-state index in [4.69, 9.17) is 5.11 Å². The molecule has 2 amide bonds. The molecule has 0 bridgehead atoms. The van der Waals surface area contributed by atoms with Crippen LogP contribution in [0.1, 0.15) is 34.8 Å². The molecule has 0 saturated heterocycles. The number of urea groups is 1. The third-order valence-electron chi connectivity index (χ3n) is 3.11. The van der Waals surface area contributed by atoms with Crippen molar-refractivity contribution in [2.75, 3.05) is 10.6 Å². The fraction of sp³-hybridized carbons (Fsp3) is 0.214. The van der Waals surface area contributed by atoms with Crippen molar-refractivity contribution in [3.8, 4) is 0 Å². The summed E-state index contributed by atoms with van der Waals surface area (Å²) >= 11 is 1.39. The molecule has 2 aromatic rings. The van der Waals surface area contributed by atoms with Crippen molar-refractivity contribution < 1.29 is 14.7 Å². The fourth-order valence-corrected chi connectivity index (χ4v) is 2.69. The Hall–Kier alpha value is -2.41. The van der Waals surface area contributed by atoms with Crippen molar-refractivity contribution in [2.24, 2.45) is 0 Å². The summed E-state index contributed by atoms with van der Waals surface area (Å²) < 4.78 is 0. The molecule has 0 spiro atoms. The topological polar surface area (TPSA) is 91.3 Å². The van der Waals surface area contributed by atoms with E-state index in [9.17, 15) is 9.59 Å². The van der Waals surface area contributed by atoms with Crippen molar-refractivity contribution in [3.05, 3.63) is 40.9 Å². The van der Waals surface area contributed by atoms with Gasteiger partial charge in [0.05, 0.1) is 11.3 Å². The Morgan fingerprint density at radius 1 is 1.29 bits per heavy atom. The number of thiazole rings is 1. The number of carboxylic acids is 1. The number of rotatable bonds is 4. The first kappa shape index (κ1) is 13.6. The summed E-state index contributed by atoms with van der Waals surface area (Å²) in [5.74, 6) is -0.486. The maximum atomic E-state index is 11.9. The van der Waals surface area contributed by atoms with E-state index >= 15 is 0 Å². The van der Waals surface area contributed by atoms with Gasteiger partial charge in [0.25, 0.3) is 0 Å². The lowest BCUT2D eigenvalue weighted by atomic mass is 10.2. The monoisotopic (exact) mass is 303 g/mol. The van der Waals surface area contributed by atoms with Crippen LogP contribution in [-0.2, 0) is 0 Å². The van der Waals surface area contributed by atoms with Crippen molar-refractivity contribution in [1.29, 1.82) is 0 Å². The quantitative estimate of drug-likeness (QED) is 0.807. The van der Waals surface area contributed by atoms with Crippen LogP contribution in [0.3, 0.4) is 0 Å². The molecule has 108 valence electrons. The van der Waals surface area contributed by atoms with Crippen LogP contribution in [0.25, 0.3) is 0 Å². The standard InChI is InChI=1S/C14H13N3O3S/c18-12(19)9-2-1-3-10(6-9)15-13(20)17-14-16-11(7-21-14)8-4-5-8/h1-3,6-8H,4-5H2,(H,18,19)(H2,15,16,17,20). The second-order valence-corrected chi connectivity index (χ2v) is 5.67. The Labute approximate surface area is 124 Å². The smallest absolute Gasteiger partial charge is 0.335 e. The molecule has 0 atom stereocenters. The summed E-state index contributed by atoms with van der Waals surface area (Å²) in [4.78, 5) is 27.1. The molecule has 1 aromatic carbocycles. The molecular weight excluding hydrogens is 290 g/mol. The first-order valence-electron chi connectivity index (χ1n) is 6.48. The minimum absolute atomic E-state index is 0.123. The Morgan fingerprint density at radius 2 is 2.10 bits per heavy atom. The van der Waals surface area contributed by atoms with Crippen LogP contribution in [0, 0.1) is 0 Å². The number of aromatic nitrogens is 1. The average Bonchev–Trinajstić information content (AvgIpc) is 3.20. The maximum Gasteiger partial charge on any atom is 0.335 e. The van der Waals surface area contributed by atoms with Gasteiger partial charge in [-0.3, -0.25) is 5.32 Å². The summed E-state index contributed by atoms with van der Waals surface area (Å²) in [7, 11) is 0. The van der Waals surface area contributed by atoms with E-state index in [0.717, 1.165) is 18.5 Å². The first-order chi connectivity index (χ1) is 10.1. The summed E-state index contributed by atoms with van der Waals surface area (Å²) in [6, 6.07) is 5.64. The van der Waals surface area contributed by atoms with E-state index in [2.05, 4.69) is 15.6 Å². The number of anilines is 2. The zero-order valence-electron chi connectivity index (χ0n) is 11.0. The predicted octanol–water partition coefficient (Wildman–Crippen LogP) is 3.36. The van der Waals surface area contributed by atoms with Crippen LogP contribution in [0.15, 0.2) is 29.6 Å². The Balaban J connectivity index is 1.62. The van der Waals surface area contributed by atoms with Crippen molar-refractivity contribution in [3.63, 3.8) is 0 Å². The van der Waals surface area contributed by atoms with Crippen molar-refractivity contribution in [1.82, 2.24) is 4.98 Å². The van der Waals surface area contributed by atoms with E-state index in [1.54, 1.807) is 12.1 Å². The first-order valence-corrected chi connectivity index (χ1v) is 7.36. The number of aromatic carboxylic acids is 1. The summed E-state index contributed by atoms with van der Waals surface area (Å²) in [5.41, 5.74) is 1.58. The highest BCUT2D eigenvalue weighted by Gasteiger charge is 2.26. The molecule has 21 heavy (non-hydrogen) atoms. The minimum atomic E-state index is -1.03. The third kappa shape index (κ3) is 3.38. The molecule has 1 aliphatic rings. The molecule has 1 saturated carbocycles. The number of carboxylic acid groups (broad SMARTS) is 1. The van der Waals surface area contributed by atoms with Crippen molar-refractivity contribution in [2.45, 2.75) is 18.8 Å². The van der Waals surface area contributed by atoms with Crippen LogP contribution >= 0.6 is 11.3 Å². The molecule has 1 fully saturated rings. The number of amides is 2. The Kier molecular flexibility index (Phi) is 3.57. The number of nitrogens with zero attached hydrogens (tertiary/aromatic N) is 1. The summed E-state index contributed by atoms with van der Waals surface area (Å²) in [6.07, 6.45) is 2.33. The van der Waals surface area contributed by atoms with Gasteiger partial charge in [-0.15, -0.1) is 11.3 Å². The molecular formula is C14H13N3O3S. The second-order valence-electron chi connectivity index (χ2n) is 4.82. The molecule has 3 N–H and O–H groups in total. The average molecular weight is 303 g/mol. The number of hydrogen-bond acceptors (Lipinski definition) is 4. The maximum absolute atomic E-state index is 11.9. The highest BCUT2D eigenvalue weighted by molar-refractivity contribution is 7.14. The lowest BCUT2D eigenvalue weighted by Gasteiger charge is -2.06. The van der Waals surface area contributed by atoms with Gasteiger partial charge in [-0.1, -0.05) is 6.07 Å². The molecule has 0 aliphatic heterocycles. The zero-order chi connectivity index (χ0) is 14.8. The van der Waals surface area contributed by atoms with Crippen LogP contribution in [0.5, 0.6) is 0 Å². The normalized spacial score (nSPS) is 13.7. The largest absolute Gasteiger partial charge is 0.478 e. The summed E-state index contributed by atoms with van der Waals surface area (Å²) in [6.45, 7) is 0. The third-order valence-corrected chi connectivity index (χ3v) is 3.88. The molecule has 3 rings (SSSR count). The zero-order valence-corrected chi connectivity index (χ0v) is 11.8. The van der Waals surface area contributed by atoms with Crippen LogP contribution in [0.2, 0.25) is 0 Å². The summed E-state index contributed by atoms with van der Waals surface area (Å²) in [5, 5.41) is 16.6. The van der Waals surface area contributed by atoms with Gasteiger partial charge in [-0.05, 0) is 31.0 Å². The highest BCUT2D eigenvalue weighted by Crippen LogP contribution is 2.40. The molecule has 1 aliphatic carbocycles. The van der Waals surface area contributed by atoms with Gasteiger partial charge in [0, 0.05) is 17.0 Å². The molecule has 0 unspecified atom stereocenters. The van der Waals surface area contributed by atoms with Crippen LogP contribution < -0.4 is 10.6 Å². The number of benzene rings is 1. The van der Waals surface area contributed by atoms with E-state index < -0.39 is 12.0 Å². The number of carbonyl (C=O) groups is 2. The van der Waals surface area contributed by atoms with Crippen LogP contribution in [0.4, 0.5) is 15.6 Å². The fourth-order valence-electron chi connectivity index (χ4n) is 1.90. The molecule has 7 heteroatoms. The lowest BCUT2D eigenvalue weighted by molar-refractivity contribution is 0.0697. The number of hydrogen-bond donors (Lipinski definition) is 3. The highest BCUT2D eigenvalue weighted by atomic mass is 32.1. The van der Waals surface area contributed by atoms with Crippen LogP contribution in [-0.4, -0.2) is 22.1 Å².